The molecule has 0 radical (unpaired) electrons. The summed E-state index contributed by atoms with van der Waals surface area (Å²) in [4.78, 5) is 0. The van der Waals surface area contributed by atoms with Gasteiger partial charge in [0.1, 0.15) is 0 Å². The molecule has 0 aliphatic heterocycles. The molecule has 2 heteroatoms. The van der Waals surface area contributed by atoms with Crippen molar-refractivity contribution in [1.29, 1.82) is 0 Å². The molecule has 0 aromatic heterocycles. The first-order valence-corrected chi connectivity index (χ1v) is 4.63. The van der Waals surface area contributed by atoms with Gasteiger partial charge in [-0.3, -0.25) is 0 Å². The van der Waals surface area contributed by atoms with E-state index in [0.29, 0.717) is 6.04 Å². The fourth-order valence-corrected chi connectivity index (χ4v) is 1.22. The van der Waals surface area contributed by atoms with Crippen LogP contribution in [0.4, 0.5) is 0 Å². The monoisotopic (exact) mass is 180 g/mol. The fourth-order valence-electron chi connectivity index (χ4n) is 1.22. The summed E-state index contributed by atoms with van der Waals surface area (Å²) in [5, 5.41) is 3.45. The minimum Gasteiger partial charge on any atom is -0.344 e. The van der Waals surface area contributed by atoms with Crippen molar-refractivity contribution in [2.45, 2.75) is 26.3 Å². The Morgan fingerprint density at radius 3 is 2.38 bits per heavy atom. The van der Waals surface area contributed by atoms with Crippen LogP contribution < -0.4 is 11.5 Å². The summed E-state index contributed by atoms with van der Waals surface area (Å²) in [6, 6.07) is 11.0. The van der Waals surface area contributed by atoms with Gasteiger partial charge in [-0.2, -0.15) is 0 Å². The van der Waals surface area contributed by atoms with Gasteiger partial charge in [0.15, 0.2) is 0 Å². The Bertz CT molecular complexity index is 209. The summed E-state index contributed by atoms with van der Waals surface area (Å²) in [6.45, 7) is 5.48. The second-order valence-electron chi connectivity index (χ2n) is 3.09. The smallest absolute Gasteiger partial charge is 0.0291 e. The van der Waals surface area contributed by atoms with Crippen LogP contribution in [0.5, 0.6) is 0 Å². The fraction of sp³-hybridized carbons (Fsp3) is 0.455. The van der Waals surface area contributed by atoms with Crippen molar-refractivity contribution in [3.63, 3.8) is 0 Å². The summed E-state index contributed by atoms with van der Waals surface area (Å²) in [7, 11) is 0. The SMILES string of the molecule is CCCNC(C)c1ccccc1.N. The normalized spacial score (nSPS) is 11.8. The molecule has 0 spiro atoms. The molecular formula is C11H20N2. The molecule has 0 saturated heterocycles. The Morgan fingerprint density at radius 1 is 1.23 bits per heavy atom. The van der Waals surface area contributed by atoms with Crippen LogP contribution in [0.15, 0.2) is 30.3 Å². The number of hydrogen-bond donors (Lipinski definition) is 2. The Balaban J connectivity index is 0.00000144. The van der Waals surface area contributed by atoms with E-state index in [1.165, 1.54) is 12.0 Å². The lowest BCUT2D eigenvalue weighted by molar-refractivity contribution is 0.571. The first kappa shape index (κ1) is 12.1. The minimum absolute atomic E-state index is 0. The molecule has 13 heavy (non-hydrogen) atoms. The lowest BCUT2D eigenvalue weighted by Crippen LogP contribution is -2.18. The highest BCUT2D eigenvalue weighted by molar-refractivity contribution is 5.17. The van der Waals surface area contributed by atoms with Crippen molar-refractivity contribution < 1.29 is 0 Å². The van der Waals surface area contributed by atoms with E-state index in [1.54, 1.807) is 0 Å². The lowest BCUT2D eigenvalue weighted by atomic mass is 10.1. The van der Waals surface area contributed by atoms with E-state index in [2.05, 4.69) is 49.5 Å². The van der Waals surface area contributed by atoms with Crippen LogP contribution in [0.25, 0.3) is 0 Å². The molecule has 0 aliphatic rings. The second kappa shape index (κ2) is 6.63. The van der Waals surface area contributed by atoms with E-state index in [-0.39, 0.29) is 6.15 Å². The Kier molecular flexibility index (Phi) is 6.20. The zero-order valence-corrected chi connectivity index (χ0v) is 8.59. The van der Waals surface area contributed by atoms with Gasteiger partial charge in [0.05, 0.1) is 0 Å². The maximum atomic E-state index is 3.45. The van der Waals surface area contributed by atoms with Crippen molar-refractivity contribution >= 4 is 0 Å². The molecule has 0 amide bonds. The summed E-state index contributed by atoms with van der Waals surface area (Å²) in [5.74, 6) is 0. The quantitative estimate of drug-likeness (QED) is 0.748. The maximum absolute atomic E-state index is 3.45. The molecule has 1 rings (SSSR count). The van der Waals surface area contributed by atoms with Crippen LogP contribution in [-0.2, 0) is 0 Å². The van der Waals surface area contributed by atoms with Gasteiger partial charge in [0.2, 0.25) is 0 Å². The average Bonchev–Trinajstić information content (AvgIpc) is 2.15. The number of nitrogens with one attached hydrogen (secondary N) is 1. The molecule has 2 nitrogen and oxygen atoms in total. The van der Waals surface area contributed by atoms with Crippen LogP contribution in [-0.4, -0.2) is 6.54 Å². The molecule has 1 unspecified atom stereocenters. The van der Waals surface area contributed by atoms with Crippen molar-refractivity contribution in [3.8, 4) is 0 Å². The van der Waals surface area contributed by atoms with E-state index in [0.717, 1.165) is 6.54 Å². The maximum Gasteiger partial charge on any atom is 0.0291 e. The highest BCUT2D eigenvalue weighted by Crippen LogP contribution is 2.10. The number of hydrogen-bond acceptors (Lipinski definition) is 2. The molecule has 4 N–H and O–H groups in total. The summed E-state index contributed by atoms with van der Waals surface area (Å²) in [6.07, 6.45) is 1.19. The Morgan fingerprint density at radius 2 is 1.85 bits per heavy atom. The molecule has 0 fully saturated rings. The summed E-state index contributed by atoms with van der Waals surface area (Å²) >= 11 is 0. The predicted octanol–water partition coefficient (Wildman–Crippen LogP) is 2.91. The van der Waals surface area contributed by atoms with Gasteiger partial charge in [0, 0.05) is 6.04 Å². The largest absolute Gasteiger partial charge is 0.344 e. The topological polar surface area (TPSA) is 47.0 Å². The third-order valence-corrected chi connectivity index (χ3v) is 2.00. The third kappa shape index (κ3) is 4.06. The van der Waals surface area contributed by atoms with E-state index in [4.69, 9.17) is 0 Å². The molecule has 0 saturated carbocycles. The second-order valence-corrected chi connectivity index (χ2v) is 3.09. The van der Waals surface area contributed by atoms with Crippen LogP contribution >= 0.6 is 0 Å². The van der Waals surface area contributed by atoms with Crippen LogP contribution in [0.3, 0.4) is 0 Å². The minimum atomic E-state index is 0. The van der Waals surface area contributed by atoms with E-state index >= 15 is 0 Å². The van der Waals surface area contributed by atoms with Gasteiger partial charge < -0.3 is 11.5 Å². The highest BCUT2D eigenvalue weighted by Gasteiger charge is 2.00. The molecule has 1 aromatic rings. The van der Waals surface area contributed by atoms with Gasteiger partial charge in [-0.05, 0) is 25.5 Å². The molecule has 0 heterocycles. The van der Waals surface area contributed by atoms with E-state index < -0.39 is 0 Å². The molecule has 0 aliphatic carbocycles. The lowest BCUT2D eigenvalue weighted by Gasteiger charge is -2.12. The first-order chi connectivity index (χ1) is 5.84. The molecule has 1 atom stereocenters. The van der Waals surface area contributed by atoms with E-state index in [9.17, 15) is 0 Å². The zero-order valence-electron chi connectivity index (χ0n) is 8.59. The van der Waals surface area contributed by atoms with Crippen molar-refractivity contribution in [3.05, 3.63) is 35.9 Å². The average molecular weight is 180 g/mol. The molecule has 1 aromatic carbocycles. The van der Waals surface area contributed by atoms with Crippen molar-refractivity contribution in [2.24, 2.45) is 0 Å². The van der Waals surface area contributed by atoms with Gasteiger partial charge in [-0.1, -0.05) is 37.3 Å². The Labute approximate surface area is 80.9 Å². The van der Waals surface area contributed by atoms with Crippen LogP contribution in [0.2, 0.25) is 0 Å². The van der Waals surface area contributed by atoms with Crippen molar-refractivity contribution in [1.82, 2.24) is 11.5 Å². The van der Waals surface area contributed by atoms with E-state index in [1.807, 2.05) is 0 Å². The first-order valence-electron chi connectivity index (χ1n) is 4.63. The van der Waals surface area contributed by atoms with Gasteiger partial charge in [-0.25, -0.2) is 0 Å². The predicted molar refractivity (Wildman–Crippen MR) is 58.2 cm³/mol. The number of rotatable bonds is 4. The highest BCUT2D eigenvalue weighted by atomic mass is 14.9. The molecule has 74 valence electrons. The zero-order chi connectivity index (χ0) is 8.81. The van der Waals surface area contributed by atoms with Crippen LogP contribution in [0, 0.1) is 0 Å². The van der Waals surface area contributed by atoms with Crippen LogP contribution in [0.1, 0.15) is 31.9 Å². The number of benzene rings is 1. The Hall–Kier alpha value is -0.860. The third-order valence-electron chi connectivity index (χ3n) is 2.00. The molecular weight excluding hydrogens is 160 g/mol. The standard InChI is InChI=1S/C11H17N.H3N/c1-3-9-12-10(2)11-7-5-4-6-8-11;/h4-8,10,12H,3,9H2,1-2H3;1H3. The summed E-state index contributed by atoms with van der Waals surface area (Å²) < 4.78 is 0. The van der Waals surface area contributed by atoms with Gasteiger partial charge >= 0.3 is 0 Å². The molecule has 0 bridgehead atoms. The van der Waals surface area contributed by atoms with Crippen molar-refractivity contribution in [2.75, 3.05) is 6.54 Å². The van der Waals surface area contributed by atoms with Gasteiger partial charge in [0.25, 0.3) is 0 Å². The summed E-state index contributed by atoms with van der Waals surface area (Å²) in [5.41, 5.74) is 1.37. The van der Waals surface area contributed by atoms with Gasteiger partial charge in [-0.15, -0.1) is 0 Å².